The van der Waals surface area contributed by atoms with Gasteiger partial charge >= 0.3 is 6.18 Å². The highest BCUT2D eigenvalue weighted by molar-refractivity contribution is 5.74. The van der Waals surface area contributed by atoms with Gasteiger partial charge in [0.2, 0.25) is 0 Å². The molecule has 0 spiro atoms. The SMILES string of the molecule is N#Cc1cc(-c2ccc(C(F)F)cc2)c(O)c(C(F)(F)F)c1. The van der Waals surface area contributed by atoms with Crippen molar-refractivity contribution < 1.29 is 27.1 Å². The Hall–Kier alpha value is -2.62. The van der Waals surface area contributed by atoms with Crippen LogP contribution in [0.3, 0.4) is 0 Å². The van der Waals surface area contributed by atoms with Crippen LogP contribution < -0.4 is 0 Å². The fraction of sp³-hybridized carbons (Fsp3) is 0.133. The number of hydrogen-bond donors (Lipinski definition) is 1. The molecular weight excluding hydrogens is 305 g/mol. The number of phenolic OH excluding ortho intramolecular Hbond substituents is 1. The molecule has 2 aromatic rings. The lowest BCUT2D eigenvalue weighted by atomic mass is 9.97. The molecule has 0 unspecified atom stereocenters. The molecule has 0 aliphatic heterocycles. The molecule has 2 nitrogen and oxygen atoms in total. The van der Waals surface area contributed by atoms with Crippen LogP contribution in [0.1, 0.15) is 23.1 Å². The maximum atomic E-state index is 12.9. The standard InChI is InChI=1S/C15H8F5NO/c16-14(17)10-3-1-9(2-4-10)11-5-8(7-21)6-12(13(11)22)15(18,19)20/h1-6,14,22H. The average Bonchev–Trinajstić information content (AvgIpc) is 2.46. The van der Waals surface area contributed by atoms with Crippen molar-refractivity contribution in [3.05, 3.63) is 53.1 Å². The lowest BCUT2D eigenvalue weighted by Crippen LogP contribution is -2.06. The number of rotatable bonds is 2. The molecule has 0 atom stereocenters. The number of phenols is 1. The summed E-state index contributed by atoms with van der Waals surface area (Å²) >= 11 is 0. The summed E-state index contributed by atoms with van der Waals surface area (Å²) in [5.74, 6) is -1.05. The summed E-state index contributed by atoms with van der Waals surface area (Å²) in [6.45, 7) is 0. The van der Waals surface area contributed by atoms with E-state index in [9.17, 15) is 27.1 Å². The third-order valence-electron chi connectivity index (χ3n) is 3.02. The second kappa shape index (κ2) is 5.64. The van der Waals surface area contributed by atoms with E-state index in [1.165, 1.54) is 0 Å². The Kier molecular flexibility index (Phi) is 4.04. The third-order valence-corrected chi connectivity index (χ3v) is 3.02. The first-order valence-corrected chi connectivity index (χ1v) is 5.97. The normalized spacial score (nSPS) is 11.5. The summed E-state index contributed by atoms with van der Waals surface area (Å²) in [6, 6.07) is 7.60. The molecular formula is C15H8F5NO. The van der Waals surface area contributed by atoms with Crippen LogP contribution in [-0.4, -0.2) is 5.11 Å². The van der Waals surface area contributed by atoms with E-state index in [0.717, 1.165) is 30.3 Å². The molecule has 0 heterocycles. The summed E-state index contributed by atoms with van der Waals surface area (Å²) in [5, 5.41) is 18.6. The Morgan fingerprint density at radius 3 is 2.09 bits per heavy atom. The Morgan fingerprint density at radius 1 is 1.05 bits per heavy atom. The van der Waals surface area contributed by atoms with Gasteiger partial charge in [-0.15, -0.1) is 0 Å². The van der Waals surface area contributed by atoms with Crippen LogP contribution in [0.5, 0.6) is 5.75 Å². The van der Waals surface area contributed by atoms with Crippen molar-refractivity contribution in [1.82, 2.24) is 0 Å². The lowest BCUT2D eigenvalue weighted by Gasteiger charge is -2.13. The van der Waals surface area contributed by atoms with Crippen molar-refractivity contribution in [2.75, 3.05) is 0 Å². The van der Waals surface area contributed by atoms with Crippen molar-refractivity contribution in [1.29, 1.82) is 5.26 Å². The molecule has 2 rings (SSSR count). The van der Waals surface area contributed by atoms with Crippen LogP contribution in [0.15, 0.2) is 36.4 Å². The monoisotopic (exact) mass is 313 g/mol. The molecule has 0 amide bonds. The van der Waals surface area contributed by atoms with E-state index in [1.54, 1.807) is 6.07 Å². The Labute approximate surface area is 122 Å². The van der Waals surface area contributed by atoms with Gasteiger partial charge < -0.3 is 5.11 Å². The first-order chi connectivity index (χ1) is 10.2. The molecule has 22 heavy (non-hydrogen) atoms. The highest BCUT2D eigenvalue weighted by atomic mass is 19.4. The number of benzene rings is 2. The van der Waals surface area contributed by atoms with Gasteiger partial charge in [-0.1, -0.05) is 24.3 Å². The molecule has 0 radical (unpaired) electrons. The fourth-order valence-electron chi connectivity index (χ4n) is 1.94. The van der Waals surface area contributed by atoms with Gasteiger partial charge in [-0.3, -0.25) is 0 Å². The van der Waals surface area contributed by atoms with Crippen molar-refractivity contribution >= 4 is 0 Å². The summed E-state index contributed by atoms with van der Waals surface area (Å²) in [6.07, 6.45) is -7.55. The van der Waals surface area contributed by atoms with Gasteiger partial charge in [0.05, 0.1) is 17.2 Å². The molecule has 0 saturated heterocycles. The topological polar surface area (TPSA) is 44.0 Å². The van der Waals surface area contributed by atoms with Gasteiger partial charge in [-0.05, 0) is 17.7 Å². The first kappa shape index (κ1) is 15.8. The zero-order valence-electron chi connectivity index (χ0n) is 10.8. The zero-order chi connectivity index (χ0) is 16.5. The van der Waals surface area contributed by atoms with E-state index in [0.29, 0.717) is 6.07 Å². The van der Waals surface area contributed by atoms with Crippen molar-refractivity contribution in [2.45, 2.75) is 12.6 Å². The number of nitrogens with zero attached hydrogens (tertiary/aromatic N) is 1. The number of alkyl halides is 5. The van der Waals surface area contributed by atoms with Gasteiger partial charge in [0.15, 0.2) is 0 Å². The Bertz CT molecular complexity index is 729. The minimum atomic E-state index is -4.84. The third kappa shape index (κ3) is 3.01. The minimum Gasteiger partial charge on any atom is -0.507 e. The zero-order valence-corrected chi connectivity index (χ0v) is 10.8. The maximum Gasteiger partial charge on any atom is 0.420 e. The second-order valence-corrected chi connectivity index (χ2v) is 4.45. The van der Waals surface area contributed by atoms with Crippen molar-refractivity contribution in [2.24, 2.45) is 0 Å². The van der Waals surface area contributed by atoms with Crippen molar-refractivity contribution in [3.63, 3.8) is 0 Å². The van der Waals surface area contributed by atoms with E-state index in [4.69, 9.17) is 5.26 Å². The van der Waals surface area contributed by atoms with Gasteiger partial charge in [-0.2, -0.15) is 18.4 Å². The molecule has 7 heteroatoms. The summed E-state index contributed by atoms with van der Waals surface area (Å²) in [4.78, 5) is 0. The van der Waals surface area contributed by atoms with Crippen LogP contribution >= 0.6 is 0 Å². The molecule has 114 valence electrons. The van der Waals surface area contributed by atoms with E-state index in [-0.39, 0.29) is 22.3 Å². The van der Waals surface area contributed by atoms with Crippen LogP contribution in [0, 0.1) is 11.3 Å². The van der Waals surface area contributed by atoms with E-state index in [2.05, 4.69) is 0 Å². The first-order valence-electron chi connectivity index (χ1n) is 5.97. The van der Waals surface area contributed by atoms with E-state index in [1.807, 2.05) is 0 Å². The molecule has 0 bridgehead atoms. The van der Waals surface area contributed by atoms with Crippen LogP contribution in [-0.2, 0) is 6.18 Å². The Morgan fingerprint density at radius 2 is 1.64 bits per heavy atom. The van der Waals surface area contributed by atoms with Gasteiger partial charge in [0.25, 0.3) is 6.43 Å². The molecule has 1 N–H and O–H groups in total. The summed E-state index contributed by atoms with van der Waals surface area (Å²) in [7, 11) is 0. The number of hydrogen-bond acceptors (Lipinski definition) is 2. The average molecular weight is 313 g/mol. The second-order valence-electron chi connectivity index (χ2n) is 4.45. The van der Waals surface area contributed by atoms with E-state index >= 15 is 0 Å². The quantitative estimate of drug-likeness (QED) is 0.802. The predicted molar refractivity (Wildman–Crippen MR) is 68.2 cm³/mol. The molecule has 0 aromatic heterocycles. The van der Waals surface area contributed by atoms with Crippen LogP contribution in [0.4, 0.5) is 22.0 Å². The van der Waals surface area contributed by atoms with Crippen molar-refractivity contribution in [3.8, 4) is 22.9 Å². The molecule has 2 aromatic carbocycles. The number of nitriles is 1. The Balaban J connectivity index is 2.62. The fourth-order valence-corrected chi connectivity index (χ4v) is 1.94. The number of aromatic hydroxyl groups is 1. The smallest absolute Gasteiger partial charge is 0.420 e. The lowest BCUT2D eigenvalue weighted by molar-refractivity contribution is -0.138. The molecule has 0 aliphatic rings. The predicted octanol–water partition coefficient (Wildman–Crippen LogP) is 4.89. The summed E-state index contributed by atoms with van der Waals surface area (Å²) in [5.41, 5.74) is -2.08. The molecule has 0 saturated carbocycles. The number of halogens is 5. The maximum absolute atomic E-state index is 12.9. The van der Waals surface area contributed by atoms with Gasteiger partial charge in [0.1, 0.15) is 5.75 Å². The van der Waals surface area contributed by atoms with E-state index < -0.39 is 23.9 Å². The van der Waals surface area contributed by atoms with Crippen LogP contribution in [0.2, 0.25) is 0 Å². The molecule has 0 aliphatic carbocycles. The molecule has 0 fully saturated rings. The largest absolute Gasteiger partial charge is 0.507 e. The highest BCUT2D eigenvalue weighted by Crippen LogP contribution is 2.42. The van der Waals surface area contributed by atoms with Gasteiger partial charge in [-0.25, -0.2) is 8.78 Å². The minimum absolute atomic E-state index is 0.101. The highest BCUT2D eigenvalue weighted by Gasteiger charge is 2.35. The summed E-state index contributed by atoms with van der Waals surface area (Å²) < 4.78 is 63.5. The van der Waals surface area contributed by atoms with Gasteiger partial charge in [0, 0.05) is 11.1 Å². The van der Waals surface area contributed by atoms with Crippen LogP contribution in [0.25, 0.3) is 11.1 Å².